The van der Waals surface area contributed by atoms with E-state index in [2.05, 4.69) is 15.1 Å². The molecule has 142 valence electrons. The molecule has 2 aliphatic rings. The highest BCUT2D eigenvalue weighted by molar-refractivity contribution is 6.42. The van der Waals surface area contributed by atoms with E-state index in [1.165, 1.54) is 0 Å². The van der Waals surface area contributed by atoms with E-state index in [1.807, 2.05) is 4.90 Å². The van der Waals surface area contributed by atoms with Crippen LogP contribution in [0.2, 0.25) is 10.0 Å². The second-order valence-electron chi connectivity index (χ2n) is 6.82. The third-order valence-corrected chi connectivity index (χ3v) is 5.59. The molecule has 0 bridgehead atoms. The smallest absolute Gasteiger partial charge is 0.238 e. The Balaban J connectivity index is 1.39. The van der Waals surface area contributed by atoms with E-state index < -0.39 is 0 Å². The molecule has 0 unspecified atom stereocenters. The van der Waals surface area contributed by atoms with Crippen LogP contribution in [-0.2, 0) is 9.59 Å². The number of nitrogens with one attached hydrogen (secondary N) is 1. The van der Waals surface area contributed by atoms with Crippen molar-refractivity contribution in [2.45, 2.75) is 12.8 Å². The van der Waals surface area contributed by atoms with Crippen molar-refractivity contribution in [1.82, 2.24) is 14.7 Å². The number of rotatable bonds is 5. The Morgan fingerprint density at radius 3 is 2.12 bits per heavy atom. The second-order valence-corrected chi connectivity index (χ2v) is 7.63. The van der Waals surface area contributed by atoms with Crippen LogP contribution in [0.3, 0.4) is 0 Å². The first-order valence-corrected chi connectivity index (χ1v) is 9.74. The van der Waals surface area contributed by atoms with Gasteiger partial charge in [0, 0.05) is 45.0 Å². The number of anilines is 1. The molecule has 1 aromatic carbocycles. The van der Waals surface area contributed by atoms with Crippen LogP contribution >= 0.6 is 23.2 Å². The lowest BCUT2D eigenvalue weighted by atomic mass is 10.3. The number of carbonyl (C=O) groups excluding carboxylic acids is 2. The Kier molecular flexibility index (Phi) is 6.75. The van der Waals surface area contributed by atoms with E-state index in [4.69, 9.17) is 23.2 Å². The fourth-order valence-corrected chi connectivity index (χ4v) is 3.64. The molecule has 2 amide bonds. The maximum absolute atomic E-state index is 12.2. The lowest BCUT2D eigenvalue weighted by Crippen LogP contribution is -2.51. The summed E-state index contributed by atoms with van der Waals surface area (Å²) in [5, 5.41) is 3.72. The third-order valence-electron chi connectivity index (χ3n) is 4.85. The third kappa shape index (κ3) is 5.33. The van der Waals surface area contributed by atoms with E-state index in [1.54, 1.807) is 18.2 Å². The molecule has 3 rings (SSSR count). The molecule has 26 heavy (non-hydrogen) atoms. The van der Waals surface area contributed by atoms with Crippen LogP contribution in [0.15, 0.2) is 18.2 Å². The Hall–Kier alpha value is -1.34. The van der Waals surface area contributed by atoms with Crippen LogP contribution in [0.1, 0.15) is 12.8 Å². The summed E-state index contributed by atoms with van der Waals surface area (Å²) >= 11 is 11.8. The van der Waals surface area contributed by atoms with Gasteiger partial charge < -0.3 is 10.2 Å². The minimum Gasteiger partial charge on any atom is -0.342 e. The van der Waals surface area contributed by atoms with E-state index in [-0.39, 0.29) is 11.8 Å². The largest absolute Gasteiger partial charge is 0.342 e. The standard InChI is InChI=1S/C18H24Cl2N4O2/c19-15-4-3-14(11-16(15)20)21-17(25)12-22-7-9-23(10-8-22)13-18(26)24-5-1-2-6-24/h3-4,11H,1-2,5-10,12-13H2,(H,21,25). The fourth-order valence-electron chi connectivity index (χ4n) is 3.34. The number of nitrogens with zero attached hydrogens (tertiary/aromatic N) is 3. The van der Waals surface area contributed by atoms with Gasteiger partial charge in [0.25, 0.3) is 0 Å². The van der Waals surface area contributed by atoms with Crippen LogP contribution in [0, 0.1) is 0 Å². The number of benzene rings is 1. The lowest BCUT2D eigenvalue weighted by molar-refractivity contribution is -0.132. The van der Waals surface area contributed by atoms with Gasteiger partial charge >= 0.3 is 0 Å². The highest BCUT2D eigenvalue weighted by Gasteiger charge is 2.24. The van der Waals surface area contributed by atoms with Gasteiger partial charge in [-0.05, 0) is 31.0 Å². The lowest BCUT2D eigenvalue weighted by Gasteiger charge is -2.34. The zero-order valence-corrected chi connectivity index (χ0v) is 16.2. The van der Waals surface area contributed by atoms with Gasteiger partial charge in [-0.25, -0.2) is 0 Å². The second kappa shape index (κ2) is 9.04. The molecule has 2 saturated heterocycles. The van der Waals surface area contributed by atoms with Crippen LogP contribution in [0.25, 0.3) is 0 Å². The predicted octanol–water partition coefficient (Wildman–Crippen LogP) is 2.17. The average molecular weight is 399 g/mol. The normalized spacial score (nSPS) is 18.9. The van der Waals surface area contributed by atoms with Crippen molar-refractivity contribution in [1.29, 1.82) is 0 Å². The summed E-state index contributed by atoms with van der Waals surface area (Å²) in [6.07, 6.45) is 2.24. The van der Waals surface area contributed by atoms with Crippen molar-refractivity contribution in [2.24, 2.45) is 0 Å². The van der Waals surface area contributed by atoms with Crippen LogP contribution < -0.4 is 5.32 Å². The minimum atomic E-state index is -0.0787. The maximum Gasteiger partial charge on any atom is 0.238 e. The fraction of sp³-hybridized carbons (Fsp3) is 0.556. The molecular weight excluding hydrogens is 375 g/mol. The molecular formula is C18H24Cl2N4O2. The number of amides is 2. The molecule has 0 spiro atoms. The molecule has 2 aliphatic heterocycles. The monoisotopic (exact) mass is 398 g/mol. The quantitative estimate of drug-likeness (QED) is 0.825. The number of hydrogen-bond donors (Lipinski definition) is 1. The van der Waals surface area contributed by atoms with Gasteiger partial charge in [-0.2, -0.15) is 0 Å². The van der Waals surface area contributed by atoms with Gasteiger partial charge in [-0.15, -0.1) is 0 Å². The summed E-state index contributed by atoms with van der Waals surface area (Å²) in [6, 6.07) is 5.04. The molecule has 2 fully saturated rings. The van der Waals surface area contributed by atoms with Crippen molar-refractivity contribution in [2.75, 3.05) is 57.7 Å². The van der Waals surface area contributed by atoms with Crippen molar-refractivity contribution < 1.29 is 9.59 Å². The average Bonchev–Trinajstić information content (AvgIpc) is 3.15. The zero-order valence-electron chi connectivity index (χ0n) is 14.7. The molecule has 6 nitrogen and oxygen atoms in total. The van der Waals surface area contributed by atoms with Gasteiger partial charge in [-0.1, -0.05) is 23.2 Å². The number of carbonyl (C=O) groups is 2. The Morgan fingerprint density at radius 1 is 0.885 bits per heavy atom. The number of halogens is 2. The Bertz CT molecular complexity index is 657. The SMILES string of the molecule is O=C(CN1CCN(CC(=O)N2CCCC2)CC1)Nc1ccc(Cl)c(Cl)c1. The van der Waals surface area contributed by atoms with Crippen LogP contribution in [0.4, 0.5) is 5.69 Å². The maximum atomic E-state index is 12.2. The van der Waals surface area contributed by atoms with Crippen molar-refractivity contribution in [3.63, 3.8) is 0 Å². The first kappa shape index (κ1) is 19.4. The highest BCUT2D eigenvalue weighted by atomic mass is 35.5. The minimum absolute atomic E-state index is 0.0787. The van der Waals surface area contributed by atoms with E-state index in [0.717, 1.165) is 52.1 Å². The summed E-state index contributed by atoms with van der Waals surface area (Å²) in [5.41, 5.74) is 0.638. The van der Waals surface area contributed by atoms with Gasteiger partial charge in [-0.3, -0.25) is 19.4 Å². The summed E-state index contributed by atoms with van der Waals surface area (Å²) in [5.74, 6) is 0.151. The van der Waals surface area contributed by atoms with Crippen molar-refractivity contribution >= 4 is 40.7 Å². The van der Waals surface area contributed by atoms with Crippen LogP contribution in [-0.4, -0.2) is 78.9 Å². The summed E-state index contributed by atoms with van der Waals surface area (Å²) in [7, 11) is 0. The highest BCUT2D eigenvalue weighted by Crippen LogP contribution is 2.25. The van der Waals surface area contributed by atoms with Gasteiger partial charge in [0.05, 0.1) is 23.1 Å². The van der Waals surface area contributed by atoms with Crippen molar-refractivity contribution in [3.05, 3.63) is 28.2 Å². The summed E-state index contributed by atoms with van der Waals surface area (Å²) < 4.78 is 0. The molecule has 0 saturated carbocycles. The van der Waals surface area contributed by atoms with Crippen molar-refractivity contribution in [3.8, 4) is 0 Å². The summed E-state index contributed by atoms with van der Waals surface area (Å²) in [4.78, 5) is 30.7. The molecule has 0 atom stereocenters. The zero-order chi connectivity index (χ0) is 18.5. The topological polar surface area (TPSA) is 55.9 Å². The first-order valence-electron chi connectivity index (χ1n) is 8.98. The van der Waals surface area contributed by atoms with E-state index in [9.17, 15) is 9.59 Å². The van der Waals surface area contributed by atoms with Gasteiger partial charge in [0.15, 0.2) is 0 Å². The molecule has 8 heteroatoms. The summed E-state index contributed by atoms with van der Waals surface area (Å²) in [6.45, 7) is 5.78. The Labute approximate surface area is 164 Å². The van der Waals surface area contributed by atoms with E-state index >= 15 is 0 Å². The molecule has 2 heterocycles. The molecule has 0 aromatic heterocycles. The number of hydrogen-bond acceptors (Lipinski definition) is 4. The van der Waals surface area contributed by atoms with Gasteiger partial charge in [0.1, 0.15) is 0 Å². The Morgan fingerprint density at radius 2 is 1.50 bits per heavy atom. The molecule has 1 aromatic rings. The molecule has 1 N–H and O–H groups in total. The van der Waals surface area contributed by atoms with Crippen LogP contribution in [0.5, 0.6) is 0 Å². The molecule has 0 aliphatic carbocycles. The predicted molar refractivity (Wildman–Crippen MR) is 104 cm³/mol. The van der Waals surface area contributed by atoms with Gasteiger partial charge in [0.2, 0.25) is 11.8 Å². The number of piperazine rings is 1. The molecule has 0 radical (unpaired) electrons. The van der Waals surface area contributed by atoms with E-state index in [0.29, 0.717) is 28.8 Å². The number of likely N-dealkylation sites (tertiary alicyclic amines) is 1. The first-order chi connectivity index (χ1) is 12.5.